The Kier molecular flexibility index (Phi) is 7.23. The van der Waals surface area contributed by atoms with Gasteiger partial charge in [-0.05, 0) is 91.5 Å². The number of carboxylic acids is 1. The van der Waals surface area contributed by atoms with Crippen molar-refractivity contribution >= 4 is 16.9 Å². The summed E-state index contributed by atoms with van der Waals surface area (Å²) in [5.74, 6) is -0.535. The van der Waals surface area contributed by atoms with E-state index in [1.165, 1.54) is 30.0 Å². The molecule has 3 heterocycles. The normalized spacial score (nSPS) is 14.5. The minimum atomic E-state index is -1.04. The fraction of sp³-hybridized carbons (Fsp3) is 0.314. The van der Waals surface area contributed by atoms with Gasteiger partial charge in [-0.3, -0.25) is 5.10 Å². The number of fused-ring (bicyclic) bond motifs is 4. The van der Waals surface area contributed by atoms with Crippen molar-refractivity contribution in [3.63, 3.8) is 0 Å². The number of nitrogens with one attached hydrogen (secondary N) is 1. The molecule has 3 aromatic carbocycles. The Morgan fingerprint density at radius 1 is 1.02 bits per heavy atom. The van der Waals surface area contributed by atoms with Crippen LogP contribution in [0.4, 0.5) is 4.39 Å². The highest BCUT2D eigenvalue weighted by Crippen LogP contribution is 2.40. The lowest BCUT2D eigenvalue weighted by atomic mass is 9.91. The lowest BCUT2D eigenvalue weighted by Gasteiger charge is -2.19. The Morgan fingerprint density at radius 3 is 2.70 bits per heavy atom. The molecule has 2 aromatic heterocycles. The van der Waals surface area contributed by atoms with Crippen LogP contribution < -0.4 is 4.74 Å². The van der Waals surface area contributed by atoms with Crippen LogP contribution in [0.3, 0.4) is 0 Å². The fourth-order valence-corrected chi connectivity index (χ4v) is 6.90. The minimum Gasteiger partial charge on any atom is -0.493 e. The Bertz CT molecular complexity index is 1850. The van der Waals surface area contributed by atoms with Gasteiger partial charge in [-0.25, -0.2) is 9.18 Å². The highest BCUT2D eigenvalue weighted by Gasteiger charge is 2.29. The summed E-state index contributed by atoms with van der Waals surface area (Å²) in [5.41, 5.74) is 8.24. The molecule has 0 saturated carbocycles. The van der Waals surface area contributed by atoms with Crippen LogP contribution >= 0.6 is 0 Å². The van der Waals surface area contributed by atoms with E-state index in [4.69, 9.17) is 9.47 Å². The van der Waals surface area contributed by atoms with E-state index in [1.54, 1.807) is 10.6 Å². The topological polar surface area (TPSA) is 89.4 Å². The molecule has 220 valence electrons. The maximum atomic E-state index is 15.9. The molecule has 2 N–H and O–H groups in total. The molecule has 8 heteroatoms. The van der Waals surface area contributed by atoms with Gasteiger partial charge in [0.05, 0.1) is 31.0 Å². The van der Waals surface area contributed by atoms with Crippen LogP contribution in [-0.2, 0) is 43.8 Å². The number of carboxylic acid groups (broad SMARTS) is 1. The zero-order chi connectivity index (χ0) is 29.5. The number of aryl methyl sites for hydroxylation is 3. The first-order valence-corrected chi connectivity index (χ1v) is 15.0. The second kappa shape index (κ2) is 11.3. The van der Waals surface area contributed by atoms with E-state index >= 15 is 4.39 Å². The first kappa shape index (κ1) is 27.4. The molecule has 2 aliphatic rings. The van der Waals surface area contributed by atoms with Crippen LogP contribution in [0.5, 0.6) is 5.75 Å². The Hall–Kier alpha value is -4.43. The molecular weight excluding hydrogens is 545 g/mol. The Labute approximate surface area is 249 Å². The zero-order valence-corrected chi connectivity index (χ0v) is 24.2. The largest absolute Gasteiger partial charge is 0.493 e. The molecule has 1 aliphatic carbocycles. The van der Waals surface area contributed by atoms with Crippen molar-refractivity contribution in [1.82, 2.24) is 14.8 Å². The van der Waals surface area contributed by atoms with Crippen LogP contribution in [0, 0.1) is 12.7 Å². The third-order valence-electron chi connectivity index (χ3n) is 8.88. The maximum Gasteiger partial charge on any atom is 0.352 e. The van der Waals surface area contributed by atoms with Crippen molar-refractivity contribution in [3.05, 3.63) is 105 Å². The second-order valence-electron chi connectivity index (χ2n) is 11.5. The monoisotopic (exact) mass is 579 g/mol. The van der Waals surface area contributed by atoms with Crippen LogP contribution in [-0.4, -0.2) is 32.4 Å². The van der Waals surface area contributed by atoms with Gasteiger partial charge in [0.15, 0.2) is 0 Å². The number of aromatic carboxylic acids is 1. The highest BCUT2D eigenvalue weighted by molar-refractivity contribution is 6.04. The standard InChI is InChI=1S/C35H34FN3O4/c1-21-31-29(38-37-21)20-42-19-24-10-3-2-9-23(24)18-39-33-27(15-16-28(36)32(31)33)26(34(39)35(40)41)13-7-17-43-30-14-6-11-22-8-4-5-12-25(22)30/h2-3,6,9-11,14-16H,4-5,7-8,12-13,17-20H2,1H3,(H,37,38)(H,40,41). The van der Waals surface area contributed by atoms with Gasteiger partial charge >= 0.3 is 5.97 Å². The second-order valence-corrected chi connectivity index (χ2v) is 11.5. The minimum absolute atomic E-state index is 0.177. The number of halogens is 1. The number of aromatic nitrogens is 3. The van der Waals surface area contributed by atoms with Gasteiger partial charge in [0.1, 0.15) is 17.3 Å². The molecule has 0 atom stereocenters. The van der Waals surface area contributed by atoms with E-state index < -0.39 is 11.8 Å². The summed E-state index contributed by atoms with van der Waals surface area (Å²) < 4.78 is 30.0. The Morgan fingerprint density at radius 2 is 1.84 bits per heavy atom. The average molecular weight is 580 g/mol. The van der Waals surface area contributed by atoms with Crippen LogP contribution in [0.15, 0.2) is 54.6 Å². The summed E-state index contributed by atoms with van der Waals surface area (Å²) in [7, 11) is 0. The average Bonchev–Trinajstić information content (AvgIpc) is 3.52. The molecule has 0 spiro atoms. The number of nitrogens with zero attached hydrogens (tertiary/aromatic N) is 2. The number of hydrogen-bond acceptors (Lipinski definition) is 4. The van der Waals surface area contributed by atoms with Crippen molar-refractivity contribution in [1.29, 1.82) is 0 Å². The van der Waals surface area contributed by atoms with E-state index in [0.29, 0.717) is 59.7 Å². The maximum absolute atomic E-state index is 15.9. The first-order valence-electron chi connectivity index (χ1n) is 15.0. The molecule has 0 saturated heterocycles. The molecule has 1 aliphatic heterocycles. The lowest BCUT2D eigenvalue weighted by molar-refractivity contribution is 0.0684. The van der Waals surface area contributed by atoms with E-state index in [9.17, 15) is 9.90 Å². The SMILES string of the molecule is Cc1[nH]nc2c1-c1c(F)ccc3c(CCCOc4cccc5c4CCCC5)c(C(=O)O)n(c13)Cc1ccccc1COC2. The molecule has 7 nitrogen and oxygen atoms in total. The van der Waals surface area contributed by atoms with E-state index in [1.807, 2.05) is 37.3 Å². The first-order chi connectivity index (χ1) is 21.0. The van der Waals surface area contributed by atoms with E-state index in [2.05, 4.69) is 22.3 Å². The quantitative estimate of drug-likeness (QED) is 0.209. The molecule has 43 heavy (non-hydrogen) atoms. The van der Waals surface area contributed by atoms with Gasteiger partial charge in [0.2, 0.25) is 0 Å². The predicted octanol–water partition coefficient (Wildman–Crippen LogP) is 7.15. The molecule has 0 unspecified atom stereocenters. The van der Waals surface area contributed by atoms with Gasteiger partial charge in [0.25, 0.3) is 0 Å². The summed E-state index contributed by atoms with van der Waals surface area (Å²) >= 11 is 0. The van der Waals surface area contributed by atoms with Gasteiger partial charge in [0, 0.05) is 28.8 Å². The molecule has 0 fully saturated rings. The van der Waals surface area contributed by atoms with Crippen LogP contribution in [0.2, 0.25) is 0 Å². The third-order valence-corrected chi connectivity index (χ3v) is 8.88. The van der Waals surface area contributed by atoms with Crippen molar-refractivity contribution in [2.75, 3.05) is 6.61 Å². The van der Waals surface area contributed by atoms with Gasteiger partial charge in [-0.1, -0.05) is 36.4 Å². The van der Waals surface area contributed by atoms with Crippen molar-refractivity contribution in [2.24, 2.45) is 0 Å². The Balaban J connectivity index is 1.33. The number of benzene rings is 3. The van der Waals surface area contributed by atoms with Crippen LogP contribution in [0.25, 0.3) is 22.0 Å². The number of ether oxygens (including phenoxy) is 2. The summed E-state index contributed by atoms with van der Waals surface area (Å²) in [6.07, 6.45) is 5.58. The number of aromatic amines is 1. The van der Waals surface area contributed by atoms with E-state index in [0.717, 1.165) is 35.1 Å². The zero-order valence-electron chi connectivity index (χ0n) is 24.2. The number of hydrogen-bond donors (Lipinski definition) is 2. The molecule has 7 rings (SSSR count). The number of H-pyrrole nitrogens is 1. The van der Waals surface area contributed by atoms with Gasteiger partial charge < -0.3 is 19.1 Å². The smallest absolute Gasteiger partial charge is 0.352 e. The third kappa shape index (κ3) is 4.89. The number of carbonyl (C=O) groups is 1. The van der Waals surface area contributed by atoms with Crippen molar-refractivity contribution < 1.29 is 23.8 Å². The van der Waals surface area contributed by atoms with Crippen molar-refractivity contribution in [3.8, 4) is 16.9 Å². The van der Waals surface area contributed by atoms with Crippen LogP contribution in [0.1, 0.15) is 69.0 Å². The number of rotatable bonds is 6. The lowest BCUT2D eigenvalue weighted by Crippen LogP contribution is -2.13. The highest BCUT2D eigenvalue weighted by atomic mass is 19.1. The molecule has 5 aromatic rings. The molecule has 0 radical (unpaired) electrons. The summed E-state index contributed by atoms with van der Waals surface area (Å²) in [5, 5.41) is 18.8. The van der Waals surface area contributed by atoms with Gasteiger partial charge in [-0.2, -0.15) is 5.10 Å². The fourth-order valence-electron chi connectivity index (χ4n) is 6.90. The summed E-state index contributed by atoms with van der Waals surface area (Å²) in [6.45, 7) is 3.11. The molecule has 0 amide bonds. The summed E-state index contributed by atoms with van der Waals surface area (Å²) in [6, 6.07) is 17.3. The predicted molar refractivity (Wildman–Crippen MR) is 162 cm³/mol. The van der Waals surface area contributed by atoms with E-state index in [-0.39, 0.29) is 18.8 Å². The molecular formula is C35H34FN3O4. The van der Waals surface area contributed by atoms with Gasteiger partial charge in [-0.15, -0.1) is 0 Å². The molecule has 0 bridgehead atoms. The summed E-state index contributed by atoms with van der Waals surface area (Å²) in [4.78, 5) is 13.0. The van der Waals surface area contributed by atoms with Crippen molar-refractivity contribution in [2.45, 2.75) is 65.2 Å².